The molecule has 0 saturated carbocycles. The fourth-order valence-corrected chi connectivity index (χ4v) is 3.92. The molecular formula is C26H25NO5. The normalized spacial score (nSPS) is 17.9. The van der Waals surface area contributed by atoms with E-state index in [0.29, 0.717) is 17.1 Å². The quantitative estimate of drug-likeness (QED) is 0.338. The number of ether oxygens (including phenoxy) is 1. The number of Topliss-reactive ketones (excluding diaryl/α,β-unsaturated/α-hetero) is 1. The number of aryl methyl sites for hydroxylation is 1. The van der Waals surface area contributed by atoms with Crippen LogP contribution >= 0.6 is 0 Å². The van der Waals surface area contributed by atoms with Crippen LogP contribution in [0.5, 0.6) is 5.75 Å². The monoisotopic (exact) mass is 431 g/mol. The average molecular weight is 431 g/mol. The van der Waals surface area contributed by atoms with Gasteiger partial charge in [-0.2, -0.15) is 0 Å². The third kappa shape index (κ3) is 4.17. The van der Waals surface area contributed by atoms with E-state index >= 15 is 0 Å². The van der Waals surface area contributed by atoms with Crippen LogP contribution in [0.15, 0.2) is 76.9 Å². The summed E-state index contributed by atoms with van der Waals surface area (Å²) in [7, 11) is 0. The van der Waals surface area contributed by atoms with Gasteiger partial charge in [0.1, 0.15) is 17.3 Å². The summed E-state index contributed by atoms with van der Waals surface area (Å²) in [5, 5.41) is 11.1. The summed E-state index contributed by atoms with van der Waals surface area (Å²) in [6, 6.07) is 17.2. The van der Waals surface area contributed by atoms with E-state index in [9.17, 15) is 14.7 Å². The zero-order chi connectivity index (χ0) is 22.8. The van der Waals surface area contributed by atoms with Crippen LogP contribution in [0.2, 0.25) is 0 Å². The Bertz CT molecular complexity index is 1160. The van der Waals surface area contributed by atoms with E-state index in [1.807, 2.05) is 45.0 Å². The number of carbonyl (C=O) groups is 2. The van der Waals surface area contributed by atoms with E-state index in [2.05, 4.69) is 0 Å². The first-order valence-corrected chi connectivity index (χ1v) is 10.5. The van der Waals surface area contributed by atoms with Gasteiger partial charge in [0, 0.05) is 5.56 Å². The lowest BCUT2D eigenvalue weighted by Crippen LogP contribution is -2.29. The predicted molar refractivity (Wildman–Crippen MR) is 120 cm³/mol. The van der Waals surface area contributed by atoms with Crippen LogP contribution < -0.4 is 4.74 Å². The Labute approximate surface area is 186 Å². The molecule has 1 aliphatic heterocycles. The van der Waals surface area contributed by atoms with Crippen molar-refractivity contribution in [1.82, 2.24) is 4.90 Å². The minimum Gasteiger partial charge on any atom is -0.507 e. The van der Waals surface area contributed by atoms with Gasteiger partial charge in [-0.1, -0.05) is 29.8 Å². The first-order chi connectivity index (χ1) is 15.3. The number of benzene rings is 2. The smallest absolute Gasteiger partial charge is 0.296 e. The van der Waals surface area contributed by atoms with Crippen molar-refractivity contribution >= 4 is 17.4 Å². The number of furan rings is 1. The van der Waals surface area contributed by atoms with Crippen LogP contribution in [0.25, 0.3) is 5.76 Å². The maximum Gasteiger partial charge on any atom is 0.296 e. The fourth-order valence-electron chi connectivity index (χ4n) is 3.92. The highest BCUT2D eigenvalue weighted by atomic mass is 16.5. The molecule has 6 heteroatoms. The second kappa shape index (κ2) is 8.75. The number of likely N-dealkylation sites (tertiary alicyclic amines) is 1. The van der Waals surface area contributed by atoms with Gasteiger partial charge in [0.05, 0.1) is 30.5 Å². The third-order valence-corrected chi connectivity index (χ3v) is 5.30. The second-order valence-corrected chi connectivity index (χ2v) is 8.11. The lowest BCUT2D eigenvalue weighted by atomic mass is 9.94. The molecule has 0 spiro atoms. The van der Waals surface area contributed by atoms with Crippen molar-refractivity contribution < 1.29 is 23.8 Å². The average Bonchev–Trinajstić information content (AvgIpc) is 3.36. The largest absolute Gasteiger partial charge is 0.507 e. The number of aliphatic hydroxyl groups excluding tert-OH is 1. The van der Waals surface area contributed by atoms with Crippen molar-refractivity contribution in [2.24, 2.45) is 0 Å². The maximum atomic E-state index is 13.1. The van der Waals surface area contributed by atoms with Crippen LogP contribution in [0.3, 0.4) is 0 Å². The minimum absolute atomic E-state index is 0.0164. The van der Waals surface area contributed by atoms with E-state index in [1.54, 1.807) is 36.4 Å². The summed E-state index contributed by atoms with van der Waals surface area (Å²) in [5.74, 6) is -0.394. The second-order valence-electron chi connectivity index (χ2n) is 8.11. The first kappa shape index (κ1) is 21.4. The molecule has 1 aromatic heterocycles. The van der Waals surface area contributed by atoms with Gasteiger partial charge in [0.25, 0.3) is 11.7 Å². The van der Waals surface area contributed by atoms with E-state index in [4.69, 9.17) is 9.15 Å². The Hall–Kier alpha value is -3.80. The summed E-state index contributed by atoms with van der Waals surface area (Å²) in [6.45, 7) is 5.91. The van der Waals surface area contributed by atoms with Gasteiger partial charge in [-0.3, -0.25) is 9.59 Å². The Morgan fingerprint density at radius 1 is 1.09 bits per heavy atom. The van der Waals surface area contributed by atoms with Crippen molar-refractivity contribution in [3.8, 4) is 5.75 Å². The predicted octanol–water partition coefficient (Wildman–Crippen LogP) is 5.00. The van der Waals surface area contributed by atoms with Crippen molar-refractivity contribution in [1.29, 1.82) is 0 Å². The van der Waals surface area contributed by atoms with Crippen LogP contribution in [0, 0.1) is 6.92 Å². The molecule has 0 bridgehead atoms. The fraction of sp³-hybridized carbons (Fsp3) is 0.231. The van der Waals surface area contributed by atoms with Crippen LogP contribution in [0.1, 0.15) is 42.3 Å². The molecule has 164 valence electrons. The highest BCUT2D eigenvalue weighted by molar-refractivity contribution is 6.46. The van der Waals surface area contributed by atoms with Gasteiger partial charge in [-0.25, -0.2) is 0 Å². The highest BCUT2D eigenvalue weighted by Crippen LogP contribution is 2.40. The molecule has 0 aliphatic carbocycles. The number of ketones is 1. The Morgan fingerprint density at radius 2 is 1.84 bits per heavy atom. The number of nitrogens with zero attached hydrogens (tertiary/aromatic N) is 1. The summed E-state index contributed by atoms with van der Waals surface area (Å²) < 4.78 is 11.1. The van der Waals surface area contributed by atoms with Gasteiger partial charge in [-0.15, -0.1) is 0 Å². The van der Waals surface area contributed by atoms with Crippen LogP contribution in [-0.4, -0.2) is 27.8 Å². The number of rotatable bonds is 6. The molecule has 1 unspecified atom stereocenters. The molecule has 1 amide bonds. The van der Waals surface area contributed by atoms with Gasteiger partial charge >= 0.3 is 0 Å². The molecule has 1 fully saturated rings. The van der Waals surface area contributed by atoms with Crippen LogP contribution in [0.4, 0.5) is 0 Å². The molecule has 4 rings (SSSR count). The first-order valence-electron chi connectivity index (χ1n) is 10.5. The molecular weight excluding hydrogens is 406 g/mol. The topological polar surface area (TPSA) is 80.0 Å². The summed E-state index contributed by atoms with van der Waals surface area (Å²) in [4.78, 5) is 27.5. The maximum absolute atomic E-state index is 13.1. The van der Waals surface area contributed by atoms with Crippen molar-refractivity contribution in [2.45, 2.75) is 39.5 Å². The van der Waals surface area contributed by atoms with Crippen molar-refractivity contribution in [2.75, 3.05) is 0 Å². The van der Waals surface area contributed by atoms with E-state index in [-0.39, 0.29) is 24.0 Å². The zero-order valence-corrected chi connectivity index (χ0v) is 18.2. The van der Waals surface area contributed by atoms with Crippen molar-refractivity contribution in [3.63, 3.8) is 0 Å². The molecule has 1 atom stereocenters. The van der Waals surface area contributed by atoms with E-state index in [0.717, 1.165) is 11.1 Å². The summed E-state index contributed by atoms with van der Waals surface area (Å²) >= 11 is 0. The molecule has 1 aliphatic rings. The summed E-state index contributed by atoms with van der Waals surface area (Å²) in [6.07, 6.45) is 1.54. The minimum atomic E-state index is -0.730. The Balaban J connectivity index is 1.80. The number of hydrogen-bond acceptors (Lipinski definition) is 5. The zero-order valence-electron chi connectivity index (χ0n) is 18.2. The van der Waals surface area contributed by atoms with E-state index < -0.39 is 17.7 Å². The molecule has 3 aromatic rings. The number of carbonyl (C=O) groups excluding carboxylic acids is 2. The van der Waals surface area contributed by atoms with Crippen LogP contribution in [-0.2, 0) is 16.1 Å². The SMILES string of the molecule is Cc1cccc(C2/C(=C(/O)c3ccc(OC(C)C)cc3)C(=O)C(=O)N2Cc2ccco2)c1. The van der Waals surface area contributed by atoms with Gasteiger partial charge < -0.3 is 19.2 Å². The molecule has 0 radical (unpaired) electrons. The number of hydrogen-bond donors (Lipinski definition) is 1. The molecule has 1 N–H and O–H groups in total. The molecule has 2 aromatic carbocycles. The lowest BCUT2D eigenvalue weighted by Gasteiger charge is -2.24. The van der Waals surface area contributed by atoms with Gasteiger partial charge in [-0.05, 0) is 62.7 Å². The van der Waals surface area contributed by atoms with Crippen molar-refractivity contribution in [3.05, 3.63) is 95.0 Å². The third-order valence-electron chi connectivity index (χ3n) is 5.30. The molecule has 2 heterocycles. The van der Waals surface area contributed by atoms with E-state index in [1.165, 1.54) is 11.2 Å². The molecule has 6 nitrogen and oxygen atoms in total. The van der Waals surface area contributed by atoms with Gasteiger partial charge in [0.2, 0.25) is 0 Å². The highest BCUT2D eigenvalue weighted by Gasteiger charge is 2.46. The van der Waals surface area contributed by atoms with Gasteiger partial charge in [0.15, 0.2) is 0 Å². The Kier molecular flexibility index (Phi) is 5.86. The molecule has 1 saturated heterocycles. The number of amides is 1. The summed E-state index contributed by atoms with van der Waals surface area (Å²) in [5.41, 5.74) is 2.23. The Morgan fingerprint density at radius 3 is 2.47 bits per heavy atom. The molecule has 32 heavy (non-hydrogen) atoms. The standard InChI is InChI=1S/C26H25NO5/c1-16(2)32-20-11-9-18(10-12-20)24(28)22-23(19-7-4-6-17(3)14-19)27(26(30)25(22)29)15-21-8-5-13-31-21/h4-14,16,23,28H,15H2,1-3H3/b24-22-. The lowest BCUT2D eigenvalue weighted by molar-refractivity contribution is -0.140. The number of aliphatic hydroxyl groups is 1.